The van der Waals surface area contributed by atoms with E-state index in [0.717, 1.165) is 6.54 Å². The van der Waals surface area contributed by atoms with Gasteiger partial charge >= 0.3 is 0 Å². The lowest BCUT2D eigenvalue weighted by Crippen LogP contribution is -2.64. The first-order valence-electron chi connectivity index (χ1n) is 5.84. The van der Waals surface area contributed by atoms with Crippen LogP contribution in [0.25, 0.3) is 0 Å². The molecule has 0 saturated carbocycles. The molecule has 1 aromatic heterocycles. The number of rotatable bonds is 3. The quantitative estimate of drug-likeness (QED) is 0.585. The molecule has 3 saturated heterocycles. The Morgan fingerprint density at radius 2 is 2.19 bits per heavy atom. The van der Waals surface area contributed by atoms with Gasteiger partial charge < -0.3 is 0 Å². The lowest BCUT2D eigenvalue weighted by Gasteiger charge is -2.49. The summed E-state index contributed by atoms with van der Waals surface area (Å²) in [6.07, 6.45) is 0. The molecule has 2 unspecified atom stereocenters. The van der Waals surface area contributed by atoms with Crippen molar-refractivity contribution in [1.29, 1.82) is 0 Å². The fraction of sp³-hybridized carbons (Fsp3) is 0.636. The smallest absolute Gasteiger partial charge is 0.0720 e. The van der Waals surface area contributed by atoms with Crippen molar-refractivity contribution in [1.82, 2.24) is 15.2 Å². The van der Waals surface area contributed by atoms with E-state index in [9.17, 15) is 0 Å². The number of hydrazine groups is 1. The summed E-state index contributed by atoms with van der Waals surface area (Å²) in [7, 11) is 0. The highest BCUT2D eigenvalue weighted by molar-refractivity contribution is 7.10. The Morgan fingerprint density at radius 3 is 2.69 bits per heavy atom. The van der Waals surface area contributed by atoms with Crippen molar-refractivity contribution in [3.63, 3.8) is 0 Å². The topological polar surface area (TPSA) is 44.5 Å². The normalized spacial score (nSPS) is 35.2. The Hall–Kier alpha value is -0.460. The second-order valence-electron chi connectivity index (χ2n) is 4.56. The molecule has 88 valence electrons. The van der Waals surface area contributed by atoms with Gasteiger partial charge in [-0.2, -0.15) is 0 Å². The number of nitrogens with zero attached hydrogens (tertiary/aromatic N) is 2. The monoisotopic (exact) mass is 238 g/mol. The molecule has 4 heterocycles. The molecule has 0 radical (unpaired) electrons. The van der Waals surface area contributed by atoms with E-state index in [-0.39, 0.29) is 6.04 Å². The number of hydrogen-bond donors (Lipinski definition) is 2. The number of piperazine rings is 3. The van der Waals surface area contributed by atoms with Gasteiger partial charge in [0.15, 0.2) is 0 Å². The van der Waals surface area contributed by atoms with Crippen LogP contribution in [-0.2, 0) is 0 Å². The van der Waals surface area contributed by atoms with Crippen LogP contribution in [0.3, 0.4) is 0 Å². The van der Waals surface area contributed by atoms with E-state index in [1.807, 2.05) is 0 Å². The van der Waals surface area contributed by atoms with Crippen LogP contribution in [-0.4, -0.2) is 48.6 Å². The third-order valence-corrected chi connectivity index (χ3v) is 4.69. The van der Waals surface area contributed by atoms with Gasteiger partial charge in [0.25, 0.3) is 0 Å². The zero-order valence-electron chi connectivity index (χ0n) is 9.30. The van der Waals surface area contributed by atoms with E-state index >= 15 is 0 Å². The summed E-state index contributed by atoms with van der Waals surface area (Å²) in [6, 6.07) is 5.09. The largest absolute Gasteiger partial charge is 0.299 e. The first kappa shape index (κ1) is 10.7. The Bertz CT molecular complexity index is 332. The third kappa shape index (κ3) is 1.78. The Kier molecular flexibility index (Phi) is 2.95. The fourth-order valence-electron chi connectivity index (χ4n) is 2.82. The molecule has 3 aliphatic heterocycles. The molecule has 4 rings (SSSR count). The van der Waals surface area contributed by atoms with Crippen molar-refractivity contribution in [3.8, 4) is 0 Å². The van der Waals surface area contributed by atoms with Gasteiger partial charge in [-0.05, 0) is 11.4 Å². The van der Waals surface area contributed by atoms with Gasteiger partial charge in [0.1, 0.15) is 0 Å². The SMILES string of the molecule is NNC(c1cccs1)C1CN2CCN1CC2. The van der Waals surface area contributed by atoms with Crippen molar-refractivity contribution in [3.05, 3.63) is 22.4 Å². The van der Waals surface area contributed by atoms with Gasteiger partial charge in [-0.25, -0.2) is 0 Å². The van der Waals surface area contributed by atoms with Crippen molar-refractivity contribution >= 4 is 11.3 Å². The van der Waals surface area contributed by atoms with E-state index in [1.54, 1.807) is 11.3 Å². The standard InChI is InChI=1S/C11H18N4S/c12-13-11(10-2-1-7-16-10)9-8-14-3-5-15(9)6-4-14/h1-2,7,9,11,13H,3-6,8,12H2. The van der Waals surface area contributed by atoms with Crippen molar-refractivity contribution in [2.75, 3.05) is 32.7 Å². The first-order valence-corrected chi connectivity index (χ1v) is 6.72. The Morgan fingerprint density at radius 1 is 1.38 bits per heavy atom. The number of nitrogens with two attached hydrogens (primary N) is 1. The molecule has 4 nitrogen and oxygen atoms in total. The molecular weight excluding hydrogens is 220 g/mol. The van der Waals surface area contributed by atoms with E-state index in [1.165, 1.54) is 31.1 Å². The Labute approximate surface area is 100.0 Å². The summed E-state index contributed by atoms with van der Waals surface area (Å²) >= 11 is 1.79. The van der Waals surface area contributed by atoms with Gasteiger partial charge in [-0.15, -0.1) is 11.3 Å². The maximum absolute atomic E-state index is 5.74. The molecule has 0 aliphatic carbocycles. The first-order chi connectivity index (χ1) is 7.88. The van der Waals surface area contributed by atoms with E-state index in [2.05, 4.69) is 32.7 Å². The predicted octanol–water partition coefficient (Wildman–Crippen LogP) is 0.252. The molecular formula is C11H18N4S. The second-order valence-corrected chi connectivity index (χ2v) is 5.54. The predicted molar refractivity (Wildman–Crippen MR) is 66.2 cm³/mol. The van der Waals surface area contributed by atoms with Crippen LogP contribution in [0.4, 0.5) is 0 Å². The molecule has 16 heavy (non-hydrogen) atoms. The van der Waals surface area contributed by atoms with Crippen LogP contribution in [0, 0.1) is 0 Å². The number of thiophene rings is 1. The highest BCUT2D eigenvalue weighted by Gasteiger charge is 2.37. The minimum atomic E-state index is 0.281. The average Bonchev–Trinajstić information content (AvgIpc) is 2.85. The lowest BCUT2D eigenvalue weighted by molar-refractivity contribution is -0.00315. The zero-order chi connectivity index (χ0) is 11.0. The third-order valence-electron chi connectivity index (χ3n) is 3.74. The van der Waals surface area contributed by atoms with E-state index < -0.39 is 0 Å². The van der Waals surface area contributed by atoms with E-state index in [4.69, 9.17) is 5.84 Å². The molecule has 2 atom stereocenters. The summed E-state index contributed by atoms with van der Waals surface area (Å²) in [5, 5.41) is 2.12. The zero-order valence-corrected chi connectivity index (χ0v) is 10.1. The summed E-state index contributed by atoms with van der Waals surface area (Å²) in [4.78, 5) is 6.47. The van der Waals surface area contributed by atoms with Crippen LogP contribution in [0.2, 0.25) is 0 Å². The minimum absolute atomic E-state index is 0.281. The summed E-state index contributed by atoms with van der Waals surface area (Å²) in [6.45, 7) is 5.96. The summed E-state index contributed by atoms with van der Waals surface area (Å²) in [5.41, 5.74) is 3.00. The van der Waals surface area contributed by atoms with Crippen LogP contribution < -0.4 is 11.3 Å². The maximum atomic E-state index is 5.74. The molecule has 0 amide bonds. The second kappa shape index (κ2) is 4.43. The highest BCUT2D eigenvalue weighted by atomic mass is 32.1. The summed E-state index contributed by atoms with van der Waals surface area (Å²) in [5.74, 6) is 5.74. The Balaban J connectivity index is 1.80. The minimum Gasteiger partial charge on any atom is -0.299 e. The van der Waals surface area contributed by atoms with E-state index in [0.29, 0.717) is 6.04 Å². The van der Waals surface area contributed by atoms with Gasteiger partial charge in [0, 0.05) is 43.6 Å². The molecule has 5 heteroatoms. The molecule has 0 spiro atoms. The van der Waals surface area contributed by atoms with Gasteiger partial charge in [0.2, 0.25) is 0 Å². The molecule has 3 N–H and O–H groups in total. The maximum Gasteiger partial charge on any atom is 0.0720 e. The number of nitrogens with one attached hydrogen (secondary N) is 1. The van der Waals surface area contributed by atoms with Gasteiger partial charge in [-0.1, -0.05) is 6.07 Å². The van der Waals surface area contributed by atoms with Crippen LogP contribution in [0.15, 0.2) is 17.5 Å². The van der Waals surface area contributed by atoms with Crippen molar-refractivity contribution in [2.24, 2.45) is 5.84 Å². The highest BCUT2D eigenvalue weighted by Crippen LogP contribution is 2.29. The molecule has 2 bridgehead atoms. The fourth-order valence-corrected chi connectivity index (χ4v) is 3.67. The molecule has 3 aliphatic rings. The van der Waals surface area contributed by atoms with Crippen molar-refractivity contribution in [2.45, 2.75) is 12.1 Å². The van der Waals surface area contributed by atoms with Crippen LogP contribution in [0.1, 0.15) is 10.9 Å². The van der Waals surface area contributed by atoms with Gasteiger partial charge in [0.05, 0.1) is 6.04 Å². The van der Waals surface area contributed by atoms with Crippen molar-refractivity contribution < 1.29 is 0 Å². The van der Waals surface area contributed by atoms with Crippen LogP contribution in [0.5, 0.6) is 0 Å². The average molecular weight is 238 g/mol. The lowest BCUT2D eigenvalue weighted by atomic mass is 9.99. The van der Waals surface area contributed by atoms with Gasteiger partial charge in [-0.3, -0.25) is 21.1 Å². The number of hydrogen-bond acceptors (Lipinski definition) is 5. The molecule has 1 aromatic rings. The molecule has 3 fully saturated rings. The summed E-state index contributed by atoms with van der Waals surface area (Å²) < 4.78 is 0. The molecule has 0 aromatic carbocycles. The van der Waals surface area contributed by atoms with Crippen LogP contribution >= 0.6 is 11.3 Å². The number of fused-ring (bicyclic) bond motifs is 3.